The van der Waals surface area contributed by atoms with E-state index >= 15 is 0 Å². The molecule has 0 atom stereocenters. The quantitative estimate of drug-likeness (QED) is 0.887. The second-order valence-corrected chi connectivity index (χ2v) is 4.35. The molecule has 1 heterocycles. The van der Waals surface area contributed by atoms with Crippen molar-refractivity contribution in [3.8, 4) is 5.75 Å². The molecule has 0 fully saturated rings. The highest BCUT2D eigenvalue weighted by Crippen LogP contribution is 2.14. The van der Waals surface area contributed by atoms with Crippen molar-refractivity contribution < 1.29 is 22.4 Å². The van der Waals surface area contributed by atoms with Crippen molar-refractivity contribution in [2.75, 3.05) is 13.7 Å². The maximum atomic E-state index is 12.0. The molecule has 1 aromatic heterocycles. The first-order chi connectivity index (χ1) is 9.96. The van der Waals surface area contributed by atoms with Crippen LogP contribution in [0.2, 0.25) is 0 Å². The summed E-state index contributed by atoms with van der Waals surface area (Å²) in [5.74, 6) is 1.29. The first-order valence-electron chi connectivity index (χ1n) is 6.18. The van der Waals surface area contributed by atoms with Crippen molar-refractivity contribution in [1.29, 1.82) is 0 Å². The number of ether oxygens (including phenoxy) is 1. The maximum Gasteiger partial charge on any atom is 0.401 e. The second-order valence-electron chi connectivity index (χ2n) is 4.35. The number of nitrogens with zero attached hydrogens (tertiary/aromatic N) is 2. The maximum absolute atomic E-state index is 12.0. The van der Waals surface area contributed by atoms with Gasteiger partial charge in [0, 0.05) is 6.42 Å². The van der Waals surface area contributed by atoms with Crippen LogP contribution in [0.3, 0.4) is 0 Å². The summed E-state index contributed by atoms with van der Waals surface area (Å²) in [7, 11) is 1.58. The van der Waals surface area contributed by atoms with Crippen LogP contribution in [0, 0.1) is 0 Å². The minimum atomic E-state index is -4.26. The van der Waals surface area contributed by atoms with Crippen LogP contribution in [-0.4, -0.2) is 30.0 Å². The Balaban J connectivity index is 1.87. The number of nitrogens with one attached hydrogen (secondary N) is 1. The number of aromatic nitrogens is 2. The Morgan fingerprint density at radius 2 is 1.95 bits per heavy atom. The molecule has 0 amide bonds. The van der Waals surface area contributed by atoms with E-state index in [4.69, 9.17) is 9.26 Å². The Hall–Kier alpha value is -2.09. The van der Waals surface area contributed by atoms with Gasteiger partial charge in [0.2, 0.25) is 5.89 Å². The number of methoxy groups -OCH3 is 1. The summed E-state index contributed by atoms with van der Waals surface area (Å²) in [6.45, 7) is -1.21. The third-order valence-corrected chi connectivity index (χ3v) is 2.63. The third-order valence-electron chi connectivity index (χ3n) is 2.63. The zero-order chi connectivity index (χ0) is 15.3. The Kier molecular flexibility index (Phi) is 4.79. The molecule has 1 N–H and O–H groups in total. The van der Waals surface area contributed by atoms with Crippen molar-refractivity contribution in [2.45, 2.75) is 19.1 Å². The predicted molar refractivity (Wildman–Crippen MR) is 67.9 cm³/mol. The van der Waals surface area contributed by atoms with Crippen molar-refractivity contribution in [1.82, 2.24) is 15.5 Å². The van der Waals surface area contributed by atoms with Gasteiger partial charge in [-0.3, -0.25) is 0 Å². The van der Waals surface area contributed by atoms with Crippen LogP contribution in [-0.2, 0) is 13.0 Å². The molecule has 0 aliphatic heterocycles. The molecule has 2 rings (SSSR count). The number of alkyl halides is 3. The molecule has 0 saturated carbocycles. The molecule has 2 aromatic rings. The van der Waals surface area contributed by atoms with Gasteiger partial charge in [0.1, 0.15) is 5.75 Å². The molecule has 114 valence electrons. The fourth-order valence-corrected chi connectivity index (χ4v) is 1.67. The van der Waals surface area contributed by atoms with E-state index in [1.165, 1.54) is 0 Å². The third kappa shape index (κ3) is 5.07. The van der Waals surface area contributed by atoms with E-state index in [9.17, 15) is 13.2 Å². The van der Waals surface area contributed by atoms with Crippen LogP contribution in [0.5, 0.6) is 5.75 Å². The van der Waals surface area contributed by atoms with Crippen LogP contribution in [0.25, 0.3) is 0 Å². The van der Waals surface area contributed by atoms with E-state index in [-0.39, 0.29) is 12.4 Å². The summed E-state index contributed by atoms with van der Waals surface area (Å²) in [5.41, 5.74) is 0.950. The lowest BCUT2D eigenvalue weighted by molar-refractivity contribution is -0.125. The topological polar surface area (TPSA) is 60.2 Å². The number of halogens is 3. The molecule has 0 unspecified atom stereocenters. The van der Waals surface area contributed by atoms with E-state index in [0.717, 1.165) is 11.3 Å². The Morgan fingerprint density at radius 1 is 1.24 bits per heavy atom. The standard InChI is InChI=1S/C13H14F3N3O2/c1-20-10-4-2-9(3-5-10)6-11-18-12(21-19-11)7-17-8-13(14,15)16/h2-5,17H,6-8H2,1H3. The monoisotopic (exact) mass is 301 g/mol. The molecular weight excluding hydrogens is 287 g/mol. The second kappa shape index (κ2) is 6.57. The molecular formula is C13H14F3N3O2. The normalized spacial score (nSPS) is 11.6. The Bertz CT molecular complexity index is 567. The average molecular weight is 301 g/mol. The lowest BCUT2D eigenvalue weighted by Crippen LogP contribution is -2.28. The van der Waals surface area contributed by atoms with Gasteiger partial charge in [-0.05, 0) is 17.7 Å². The van der Waals surface area contributed by atoms with Gasteiger partial charge in [0.05, 0.1) is 20.2 Å². The van der Waals surface area contributed by atoms with E-state index < -0.39 is 12.7 Å². The average Bonchev–Trinajstić information content (AvgIpc) is 2.86. The lowest BCUT2D eigenvalue weighted by Gasteiger charge is -2.05. The SMILES string of the molecule is COc1ccc(Cc2noc(CNCC(F)(F)F)n2)cc1. The lowest BCUT2D eigenvalue weighted by atomic mass is 10.1. The highest BCUT2D eigenvalue weighted by molar-refractivity contribution is 5.28. The molecule has 8 heteroatoms. The van der Waals surface area contributed by atoms with Crippen LogP contribution in [0.15, 0.2) is 28.8 Å². The Morgan fingerprint density at radius 3 is 2.57 bits per heavy atom. The highest BCUT2D eigenvalue weighted by atomic mass is 19.4. The zero-order valence-electron chi connectivity index (χ0n) is 11.3. The van der Waals surface area contributed by atoms with E-state index in [0.29, 0.717) is 12.2 Å². The van der Waals surface area contributed by atoms with Gasteiger partial charge in [-0.2, -0.15) is 18.2 Å². The van der Waals surface area contributed by atoms with Gasteiger partial charge in [0.15, 0.2) is 5.82 Å². The fourth-order valence-electron chi connectivity index (χ4n) is 1.67. The largest absolute Gasteiger partial charge is 0.497 e. The fraction of sp³-hybridized carbons (Fsp3) is 0.385. The van der Waals surface area contributed by atoms with Gasteiger partial charge in [0.25, 0.3) is 0 Å². The molecule has 0 aliphatic rings. The summed E-state index contributed by atoms with van der Waals surface area (Å²) in [6, 6.07) is 7.33. The summed E-state index contributed by atoms with van der Waals surface area (Å²) in [4.78, 5) is 4.03. The van der Waals surface area contributed by atoms with E-state index in [2.05, 4.69) is 15.5 Å². The number of hydrogen-bond acceptors (Lipinski definition) is 5. The van der Waals surface area contributed by atoms with Crippen molar-refractivity contribution in [2.24, 2.45) is 0 Å². The molecule has 0 aliphatic carbocycles. The first kappa shape index (κ1) is 15.3. The Labute approximate surface area is 119 Å². The molecule has 0 saturated heterocycles. The first-order valence-corrected chi connectivity index (χ1v) is 6.18. The van der Waals surface area contributed by atoms with Crippen molar-refractivity contribution in [3.05, 3.63) is 41.5 Å². The van der Waals surface area contributed by atoms with Crippen LogP contribution >= 0.6 is 0 Å². The van der Waals surface area contributed by atoms with Crippen molar-refractivity contribution in [3.63, 3.8) is 0 Å². The molecule has 1 aromatic carbocycles. The minimum Gasteiger partial charge on any atom is -0.497 e. The van der Waals surface area contributed by atoms with Gasteiger partial charge in [-0.1, -0.05) is 17.3 Å². The molecule has 0 radical (unpaired) electrons. The smallest absolute Gasteiger partial charge is 0.401 e. The van der Waals surface area contributed by atoms with Gasteiger partial charge in [-0.15, -0.1) is 0 Å². The summed E-state index contributed by atoms with van der Waals surface area (Å²) < 4.78 is 45.8. The van der Waals surface area contributed by atoms with E-state index in [1.54, 1.807) is 19.2 Å². The molecule has 21 heavy (non-hydrogen) atoms. The molecule has 0 spiro atoms. The summed E-state index contributed by atoms with van der Waals surface area (Å²) in [6.07, 6.45) is -3.82. The summed E-state index contributed by atoms with van der Waals surface area (Å²) >= 11 is 0. The van der Waals surface area contributed by atoms with Crippen molar-refractivity contribution >= 4 is 0 Å². The van der Waals surface area contributed by atoms with Gasteiger partial charge in [-0.25, -0.2) is 0 Å². The van der Waals surface area contributed by atoms with Crippen LogP contribution < -0.4 is 10.1 Å². The van der Waals surface area contributed by atoms with Gasteiger partial charge >= 0.3 is 6.18 Å². The highest BCUT2D eigenvalue weighted by Gasteiger charge is 2.26. The number of benzene rings is 1. The van der Waals surface area contributed by atoms with Crippen LogP contribution in [0.1, 0.15) is 17.3 Å². The number of hydrogen-bond donors (Lipinski definition) is 1. The van der Waals surface area contributed by atoms with Gasteiger partial charge < -0.3 is 14.6 Å². The van der Waals surface area contributed by atoms with E-state index in [1.807, 2.05) is 12.1 Å². The summed E-state index contributed by atoms with van der Waals surface area (Å²) in [5, 5.41) is 5.93. The van der Waals surface area contributed by atoms with Crippen LogP contribution in [0.4, 0.5) is 13.2 Å². The predicted octanol–water partition coefficient (Wildman–Crippen LogP) is 2.32. The molecule has 0 bridgehead atoms. The zero-order valence-corrected chi connectivity index (χ0v) is 11.3. The number of rotatable bonds is 6. The molecule has 5 nitrogen and oxygen atoms in total. The minimum absolute atomic E-state index is 0.116.